The molecular weight excluding hydrogens is 305 g/mol. The van der Waals surface area contributed by atoms with E-state index in [9.17, 15) is 14.2 Å². The van der Waals surface area contributed by atoms with E-state index in [1.54, 1.807) is 0 Å². The van der Waals surface area contributed by atoms with Crippen LogP contribution in [0.1, 0.15) is 32.1 Å². The molecule has 0 fully saturated rings. The number of unbranched alkanes of at least 4 members (excludes halogenated alkanes) is 1. The van der Waals surface area contributed by atoms with Crippen molar-refractivity contribution in [2.45, 2.75) is 32.1 Å². The second-order valence-electron chi connectivity index (χ2n) is 4.68. The molecule has 4 N–H and O–H groups in total. The standard InChI is InChI=1S/C9H14NOP.C6H10O4/c10-7-4-8-12(11)9-5-2-1-3-6-9;7-5(8)3-1-2-4-6(9)10/h1-3,5-6,12H,4,7-8,10H2;1-4H2,(H,7,8)(H,9,10). The predicted molar refractivity (Wildman–Crippen MR) is 87.4 cm³/mol. The van der Waals surface area contributed by atoms with Crippen molar-refractivity contribution in [1.82, 2.24) is 0 Å². The molecular formula is C15H24NO5P. The third kappa shape index (κ3) is 12.1. The van der Waals surface area contributed by atoms with Gasteiger partial charge in [0.25, 0.3) is 0 Å². The maximum atomic E-state index is 11.5. The van der Waals surface area contributed by atoms with Gasteiger partial charge >= 0.3 is 11.9 Å². The number of hydrogen-bond acceptors (Lipinski definition) is 4. The normalized spacial score (nSPS) is 11.1. The van der Waals surface area contributed by atoms with Gasteiger partial charge in [0.15, 0.2) is 0 Å². The lowest BCUT2D eigenvalue weighted by atomic mass is 10.2. The van der Waals surface area contributed by atoms with Crippen molar-refractivity contribution in [1.29, 1.82) is 0 Å². The average molecular weight is 329 g/mol. The van der Waals surface area contributed by atoms with Crippen molar-refractivity contribution < 1.29 is 24.4 Å². The van der Waals surface area contributed by atoms with Gasteiger partial charge in [0.05, 0.1) is 0 Å². The Morgan fingerprint density at radius 2 is 1.45 bits per heavy atom. The molecule has 0 aliphatic heterocycles. The fourth-order valence-electron chi connectivity index (χ4n) is 1.58. The molecule has 0 aromatic heterocycles. The Hall–Kier alpha value is -1.65. The van der Waals surface area contributed by atoms with Gasteiger partial charge in [-0.2, -0.15) is 0 Å². The van der Waals surface area contributed by atoms with E-state index in [2.05, 4.69) is 0 Å². The van der Waals surface area contributed by atoms with Gasteiger partial charge in [0.1, 0.15) is 7.80 Å². The Bertz CT molecular complexity index is 448. The average Bonchev–Trinajstić information content (AvgIpc) is 2.50. The first-order valence-corrected chi connectivity index (χ1v) is 8.80. The highest BCUT2D eigenvalue weighted by atomic mass is 31.1. The summed E-state index contributed by atoms with van der Waals surface area (Å²) in [5.74, 6) is -1.74. The highest BCUT2D eigenvalue weighted by molar-refractivity contribution is 7.53. The van der Waals surface area contributed by atoms with E-state index in [0.29, 0.717) is 19.4 Å². The first kappa shape index (κ1) is 20.3. The molecule has 124 valence electrons. The van der Waals surface area contributed by atoms with E-state index in [1.807, 2.05) is 30.3 Å². The molecule has 1 rings (SSSR count). The van der Waals surface area contributed by atoms with E-state index in [1.165, 1.54) is 0 Å². The van der Waals surface area contributed by atoms with Gasteiger partial charge in [0.2, 0.25) is 0 Å². The third-order valence-corrected chi connectivity index (χ3v) is 4.52. The monoisotopic (exact) mass is 329 g/mol. The number of nitrogens with two attached hydrogens (primary N) is 1. The highest BCUT2D eigenvalue weighted by Crippen LogP contribution is 2.19. The Morgan fingerprint density at radius 1 is 0.955 bits per heavy atom. The fraction of sp³-hybridized carbons (Fsp3) is 0.467. The van der Waals surface area contributed by atoms with Crippen LogP contribution in [0.2, 0.25) is 0 Å². The number of carbonyl (C=O) groups is 2. The van der Waals surface area contributed by atoms with Crippen LogP contribution >= 0.6 is 7.80 Å². The molecule has 0 spiro atoms. The summed E-state index contributed by atoms with van der Waals surface area (Å²) in [4.78, 5) is 19.8. The van der Waals surface area contributed by atoms with Crippen molar-refractivity contribution in [3.8, 4) is 0 Å². The number of carboxylic acids is 2. The van der Waals surface area contributed by atoms with Crippen molar-refractivity contribution in [3.63, 3.8) is 0 Å². The third-order valence-electron chi connectivity index (χ3n) is 2.74. The van der Waals surface area contributed by atoms with Crippen LogP contribution in [0.25, 0.3) is 0 Å². The van der Waals surface area contributed by atoms with Crippen molar-refractivity contribution >= 4 is 25.0 Å². The summed E-state index contributed by atoms with van der Waals surface area (Å²) in [6.07, 6.45) is 2.61. The van der Waals surface area contributed by atoms with Crippen LogP contribution in [-0.2, 0) is 14.2 Å². The minimum absolute atomic E-state index is 0.0628. The summed E-state index contributed by atoms with van der Waals surface area (Å²) in [5, 5.41) is 17.2. The van der Waals surface area contributed by atoms with Gasteiger partial charge in [-0.15, -0.1) is 0 Å². The number of aliphatic carboxylic acids is 2. The van der Waals surface area contributed by atoms with Gasteiger partial charge in [0, 0.05) is 24.3 Å². The topological polar surface area (TPSA) is 118 Å². The minimum atomic E-state index is -1.56. The molecule has 6 nitrogen and oxygen atoms in total. The largest absolute Gasteiger partial charge is 0.481 e. The number of carboxylic acid groups (broad SMARTS) is 2. The van der Waals surface area contributed by atoms with Crippen LogP contribution in [0.15, 0.2) is 30.3 Å². The molecule has 0 amide bonds. The molecule has 0 saturated carbocycles. The zero-order valence-corrected chi connectivity index (χ0v) is 13.5. The van der Waals surface area contributed by atoms with Gasteiger partial charge in [-0.1, -0.05) is 30.3 Å². The van der Waals surface area contributed by atoms with E-state index in [4.69, 9.17) is 15.9 Å². The zero-order chi connectivity index (χ0) is 16.8. The second kappa shape index (κ2) is 13.0. The summed E-state index contributed by atoms with van der Waals surface area (Å²) >= 11 is 0. The van der Waals surface area contributed by atoms with Crippen LogP contribution in [0.4, 0.5) is 0 Å². The van der Waals surface area contributed by atoms with Crippen LogP contribution < -0.4 is 11.0 Å². The molecule has 1 aromatic carbocycles. The molecule has 22 heavy (non-hydrogen) atoms. The highest BCUT2D eigenvalue weighted by Gasteiger charge is 2.00. The summed E-state index contributed by atoms with van der Waals surface area (Å²) in [6.45, 7) is 0.628. The number of benzene rings is 1. The van der Waals surface area contributed by atoms with Crippen molar-refractivity contribution in [3.05, 3.63) is 30.3 Å². The Labute approximate surface area is 131 Å². The fourth-order valence-corrected chi connectivity index (χ4v) is 2.96. The molecule has 0 bridgehead atoms. The van der Waals surface area contributed by atoms with E-state index in [0.717, 1.165) is 17.9 Å². The SMILES string of the molecule is NCCC[PH](=O)c1ccccc1.O=C(O)CCCCC(=O)O. The molecule has 1 aromatic rings. The summed E-state index contributed by atoms with van der Waals surface area (Å²) in [7, 11) is -1.56. The smallest absolute Gasteiger partial charge is 0.303 e. The molecule has 1 atom stereocenters. The quantitative estimate of drug-likeness (QED) is 0.471. The van der Waals surface area contributed by atoms with Gasteiger partial charge in [-0.3, -0.25) is 9.59 Å². The number of hydrogen-bond donors (Lipinski definition) is 3. The number of rotatable bonds is 9. The lowest BCUT2D eigenvalue weighted by Gasteiger charge is -1.99. The zero-order valence-electron chi connectivity index (χ0n) is 12.5. The summed E-state index contributed by atoms with van der Waals surface area (Å²) < 4.78 is 11.5. The molecule has 0 radical (unpaired) electrons. The molecule has 1 unspecified atom stereocenters. The minimum Gasteiger partial charge on any atom is -0.481 e. The van der Waals surface area contributed by atoms with Crippen LogP contribution in [0, 0.1) is 0 Å². The van der Waals surface area contributed by atoms with Gasteiger partial charge in [-0.05, 0) is 25.8 Å². The lowest BCUT2D eigenvalue weighted by molar-refractivity contribution is -0.139. The van der Waals surface area contributed by atoms with Crippen molar-refractivity contribution in [2.24, 2.45) is 5.73 Å². The maximum Gasteiger partial charge on any atom is 0.303 e. The van der Waals surface area contributed by atoms with E-state index in [-0.39, 0.29) is 12.8 Å². The van der Waals surface area contributed by atoms with Crippen molar-refractivity contribution in [2.75, 3.05) is 12.7 Å². The van der Waals surface area contributed by atoms with Gasteiger partial charge < -0.3 is 20.5 Å². The summed E-state index contributed by atoms with van der Waals surface area (Å²) in [5.41, 5.74) is 5.33. The van der Waals surface area contributed by atoms with Crippen LogP contribution in [0.5, 0.6) is 0 Å². The molecule has 0 aliphatic rings. The van der Waals surface area contributed by atoms with Crippen LogP contribution in [0.3, 0.4) is 0 Å². The molecule has 0 saturated heterocycles. The Morgan fingerprint density at radius 3 is 1.86 bits per heavy atom. The molecule has 0 aliphatic carbocycles. The predicted octanol–water partition coefficient (Wildman–Crippen LogP) is 1.94. The van der Waals surface area contributed by atoms with Crippen LogP contribution in [-0.4, -0.2) is 34.9 Å². The molecule has 7 heteroatoms. The molecule has 0 heterocycles. The van der Waals surface area contributed by atoms with Gasteiger partial charge in [-0.25, -0.2) is 0 Å². The summed E-state index contributed by atoms with van der Waals surface area (Å²) in [6, 6.07) is 9.60. The maximum absolute atomic E-state index is 11.5. The first-order valence-electron chi connectivity index (χ1n) is 7.19. The Kier molecular flexibility index (Phi) is 12.1. The van der Waals surface area contributed by atoms with E-state index >= 15 is 0 Å². The second-order valence-corrected chi connectivity index (χ2v) is 6.60. The Balaban J connectivity index is 0.000000409. The van der Waals surface area contributed by atoms with E-state index < -0.39 is 19.7 Å². The first-order chi connectivity index (χ1) is 10.5. The lowest BCUT2D eigenvalue weighted by Crippen LogP contribution is -2.03.